The molecule has 1 aliphatic rings. The SMILES string of the molecule is CC1SCCSC1c1noc(C(N)CO)n1. The second-order valence-electron chi connectivity index (χ2n) is 3.65. The summed E-state index contributed by atoms with van der Waals surface area (Å²) in [7, 11) is 0. The predicted molar refractivity (Wildman–Crippen MR) is 65.4 cm³/mol. The smallest absolute Gasteiger partial charge is 0.245 e. The molecule has 3 atom stereocenters. The van der Waals surface area contributed by atoms with Crippen molar-refractivity contribution in [1.82, 2.24) is 10.1 Å². The summed E-state index contributed by atoms with van der Waals surface area (Å²) >= 11 is 3.77. The van der Waals surface area contributed by atoms with Crippen LogP contribution in [-0.2, 0) is 0 Å². The zero-order valence-corrected chi connectivity index (χ0v) is 10.6. The molecule has 7 heteroatoms. The molecule has 0 saturated carbocycles. The monoisotopic (exact) mass is 261 g/mol. The quantitative estimate of drug-likeness (QED) is 0.838. The lowest BCUT2D eigenvalue weighted by molar-refractivity contribution is 0.236. The molecule has 90 valence electrons. The molecule has 1 aliphatic heterocycles. The number of nitrogens with zero attached hydrogens (tertiary/aromatic N) is 2. The molecule has 5 nitrogen and oxygen atoms in total. The Bertz CT molecular complexity index is 347. The Kier molecular flexibility index (Phi) is 4.12. The van der Waals surface area contributed by atoms with Gasteiger partial charge in [0.05, 0.1) is 11.9 Å². The lowest BCUT2D eigenvalue weighted by Crippen LogP contribution is -2.18. The molecule has 1 fully saturated rings. The molecule has 0 radical (unpaired) electrons. The van der Waals surface area contributed by atoms with Crippen molar-refractivity contribution in [3.8, 4) is 0 Å². The number of hydrogen-bond donors (Lipinski definition) is 2. The molecule has 1 aromatic rings. The van der Waals surface area contributed by atoms with Crippen molar-refractivity contribution in [2.45, 2.75) is 23.5 Å². The van der Waals surface area contributed by atoms with E-state index >= 15 is 0 Å². The van der Waals surface area contributed by atoms with Crippen LogP contribution < -0.4 is 5.73 Å². The highest BCUT2D eigenvalue weighted by Crippen LogP contribution is 2.41. The molecule has 0 aliphatic carbocycles. The second kappa shape index (κ2) is 5.39. The van der Waals surface area contributed by atoms with Crippen LogP contribution >= 0.6 is 23.5 Å². The van der Waals surface area contributed by atoms with Crippen LogP contribution in [0.25, 0.3) is 0 Å². The molecule has 1 aromatic heterocycles. The molecule has 0 spiro atoms. The Hall–Kier alpha value is -0.240. The number of aliphatic hydroxyl groups excluding tert-OH is 1. The van der Waals surface area contributed by atoms with Crippen LogP contribution in [0, 0.1) is 0 Å². The fourth-order valence-corrected chi connectivity index (χ4v) is 4.19. The van der Waals surface area contributed by atoms with E-state index in [0.717, 1.165) is 5.75 Å². The molecule has 2 heterocycles. The van der Waals surface area contributed by atoms with E-state index in [1.54, 1.807) is 0 Å². The van der Waals surface area contributed by atoms with Crippen molar-refractivity contribution in [3.63, 3.8) is 0 Å². The predicted octanol–water partition coefficient (Wildman–Crippen LogP) is 0.971. The average Bonchev–Trinajstić information content (AvgIpc) is 2.78. The van der Waals surface area contributed by atoms with Gasteiger partial charge in [0.15, 0.2) is 5.82 Å². The lowest BCUT2D eigenvalue weighted by atomic mass is 10.3. The highest BCUT2D eigenvalue weighted by molar-refractivity contribution is 8.06. The van der Waals surface area contributed by atoms with Gasteiger partial charge in [-0.25, -0.2) is 0 Å². The van der Waals surface area contributed by atoms with Crippen LogP contribution in [0.3, 0.4) is 0 Å². The maximum absolute atomic E-state index is 8.90. The molecule has 0 bridgehead atoms. The van der Waals surface area contributed by atoms with Crippen LogP contribution in [0.2, 0.25) is 0 Å². The van der Waals surface area contributed by atoms with Gasteiger partial charge in [-0.1, -0.05) is 12.1 Å². The van der Waals surface area contributed by atoms with Gasteiger partial charge in [0.25, 0.3) is 0 Å². The zero-order chi connectivity index (χ0) is 11.5. The maximum Gasteiger partial charge on any atom is 0.245 e. The van der Waals surface area contributed by atoms with E-state index in [1.807, 2.05) is 23.5 Å². The molecular formula is C9H15N3O2S2. The summed E-state index contributed by atoms with van der Waals surface area (Å²) in [5.41, 5.74) is 5.61. The second-order valence-corrected chi connectivity index (χ2v) is 6.38. The number of nitrogens with two attached hydrogens (primary N) is 1. The lowest BCUT2D eigenvalue weighted by Gasteiger charge is -2.24. The van der Waals surface area contributed by atoms with Crippen molar-refractivity contribution in [1.29, 1.82) is 0 Å². The number of aromatic nitrogens is 2. The Balaban J connectivity index is 2.11. The van der Waals surface area contributed by atoms with Crippen LogP contribution in [-0.4, -0.2) is 38.6 Å². The molecule has 3 N–H and O–H groups in total. The first-order chi connectivity index (χ1) is 7.72. The van der Waals surface area contributed by atoms with Gasteiger partial charge in [-0.3, -0.25) is 0 Å². The van der Waals surface area contributed by atoms with Gasteiger partial charge in [0.2, 0.25) is 5.89 Å². The van der Waals surface area contributed by atoms with Crippen LogP contribution in [0.1, 0.15) is 29.9 Å². The standard InChI is InChI=1S/C9H15N3O2S2/c1-5-7(16-3-2-15-5)8-11-9(14-12-8)6(10)4-13/h5-7,13H,2-4,10H2,1H3. The zero-order valence-electron chi connectivity index (χ0n) is 9.00. The summed E-state index contributed by atoms with van der Waals surface area (Å²) in [4.78, 5) is 4.26. The Labute approximate surface area is 103 Å². The van der Waals surface area contributed by atoms with E-state index in [1.165, 1.54) is 5.75 Å². The molecule has 0 amide bonds. The number of aliphatic hydroxyl groups is 1. The largest absolute Gasteiger partial charge is 0.394 e. The fourth-order valence-electron chi connectivity index (χ4n) is 1.51. The van der Waals surface area contributed by atoms with E-state index in [2.05, 4.69) is 17.1 Å². The molecule has 3 unspecified atom stereocenters. The summed E-state index contributed by atoms with van der Waals surface area (Å²) in [6.07, 6.45) is 0. The number of rotatable bonds is 3. The summed E-state index contributed by atoms with van der Waals surface area (Å²) < 4.78 is 5.05. The van der Waals surface area contributed by atoms with Crippen LogP contribution in [0.4, 0.5) is 0 Å². The normalized spacial score (nSPS) is 27.9. The van der Waals surface area contributed by atoms with Gasteiger partial charge >= 0.3 is 0 Å². The van der Waals surface area contributed by atoms with Gasteiger partial charge in [0.1, 0.15) is 6.04 Å². The van der Waals surface area contributed by atoms with Crippen molar-refractivity contribution in [2.75, 3.05) is 18.1 Å². The van der Waals surface area contributed by atoms with Gasteiger partial charge < -0.3 is 15.4 Å². The van der Waals surface area contributed by atoms with Gasteiger partial charge in [-0.15, -0.1) is 11.8 Å². The fraction of sp³-hybridized carbons (Fsp3) is 0.778. The molecule has 1 saturated heterocycles. The van der Waals surface area contributed by atoms with Crippen molar-refractivity contribution < 1.29 is 9.63 Å². The molecule has 0 aromatic carbocycles. The minimum atomic E-state index is -0.571. The minimum Gasteiger partial charge on any atom is -0.394 e. The summed E-state index contributed by atoms with van der Waals surface area (Å²) in [6.45, 7) is 1.99. The van der Waals surface area contributed by atoms with Gasteiger partial charge in [0, 0.05) is 16.8 Å². The number of thioether (sulfide) groups is 2. The first-order valence-electron chi connectivity index (χ1n) is 5.15. The van der Waals surface area contributed by atoms with Crippen LogP contribution in [0.15, 0.2) is 4.52 Å². The van der Waals surface area contributed by atoms with E-state index in [4.69, 9.17) is 15.4 Å². The Morgan fingerprint density at radius 2 is 2.31 bits per heavy atom. The van der Waals surface area contributed by atoms with Crippen molar-refractivity contribution in [2.24, 2.45) is 5.73 Å². The summed E-state index contributed by atoms with van der Waals surface area (Å²) in [5, 5.41) is 13.6. The molecular weight excluding hydrogens is 246 g/mol. The third-order valence-electron chi connectivity index (χ3n) is 2.41. The first-order valence-corrected chi connectivity index (χ1v) is 7.25. The summed E-state index contributed by atoms with van der Waals surface area (Å²) in [6, 6.07) is -0.571. The van der Waals surface area contributed by atoms with Gasteiger partial charge in [-0.05, 0) is 0 Å². The van der Waals surface area contributed by atoms with E-state index in [-0.39, 0.29) is 11.9 Å². The van der Waals surface area contributed by atoms with E-state index in [0.29, 0.717) is 17.0 Å². The topological polar surface area (TPSA) is 85.2 Å². The highest BCUT2D eigenvalue weighted by atomic mass is 32.2. The highest BCUT2D eigenvalue weighted by Gasteiger charge is 2.29. The number of hydrogen-bond acceptors (Lipinski definition) is 7. The summed E-state index contributed by atoms with van der Waals surface area (Å²) in [5.74, 6) is 3.29. The Morgan fingerprint density at radius 3 is 3.00 bits per heavy atom. The van der Waals surface area contributed by atoms with E-state index < -0.39 is 6.04 Å². The first kappa shape index (κ1) is 12.2. The maximum atomic E-state index is 8.90. The van der Waals surface area contributed by atoms with Crippen molar-refractivity contribution in [3.05, 3.63) is 11.7 Å². The van der Waals surface area contributed by atoms with Crippen LogP contribution in [0.5, 0.6) is 0 Å². The minimum absolute atomic E-state index is 0.177. The Morgan fingerprint density at radius 1 is 1.56 bits per heavy atom. The van der Waals surface area contributed by atoms with E-state index in [9.17, 15) is 0 Å². The molecule has 16 heavy (non-hydrogen) atoms. The van der Waals surface area contributed by atoms with Gasteiger partial charge in [-0.2, -0.15) is 16.7 Å². The average molecular weight is 261 g/mol. The third-order valence-corrected chi connectivity index (χ3v) is 5.50. The van der Waals surface area contributed by atoms with Crippen molar-refractivity contribution >= 4 is 23.5 Å². The third kappa shape index (κ3) is 2.53. The molecule has 2 rings (SSSR count).